The number of benzene rings is 6. The van der Waals surface area contributed by atoms with E-state index in [2.05, 4.69) is 186 Å². The summed E-state index contributed by atoms with van der Waals surface area (Å²) in [6.45, 7) is 13.2. The van der Waals surface area contributed by atoms with Gasteiger partial charge in [-0.15, -0.1) is 57.9 Å². The van der Waals surface area contributed by atoms with Crippen molar-refractivity contribution in [3.05, 3.63) is 180 Å². The molecule has 0 aliphatic heterocycles. The van der Waals surface area contributed by atoms with E-state index in [1.807, 2.05) is 12.5 Å². The van der Waals surface area contributed by atoms with Crippen LogP contribution in [0.3, 0.4) is 0 Å². The van der Waals surface area contributed by atoms with E-state index in [-0.39, 0.29) is 5.43 Å². The number of halogens is 2. The van der Waals surface area contributed by atoms with Crippen LogP contribution < -0.4 is 0 Å². The van der Waals surface area contributed by atoms with Crippen molar-refractivity contribution in [1.82, 2.24) is 0 Å². The maximum atomic E-state index is 5.96. The Balaban J connectivity index is 0.000000151. The van der Waals surface area contributed by atoms with E-state index in [4.69, 9.17) is 25.9 Å². The van der Waals surface area contributed by atoms with Crippen LogP contribution >= 0.6 is 17.0 Å². The topological polar surface area (TPSA) is 26.3 Å². The summed E-state index contributed by atoms with van der Waals surface area (Å²) in [5.74, 6) is 1.91. The second-order valence-corrected chi connectivity index (χ2v) is 39.0. The average molecular weight is 947 g/mol. The van der Waals surface area contributed by atoms with E-state index >= 15 is 0 Å². The summed E-state index contributed by atoms with van der Waals surface area (Å²) < 4.78 is 11.9. The predicted octanol–water partition coefficient (Wildman–Crippen LogP) is 17.7. The third-order valence-electron chi connectivity index (χ3n) is 11.9. The molecule has 8 aromatic carbocycles. The van der Waals surface area contributed by atoms with Crippen LogP contribution in [-0.2, 0) is 43.7 Å². The van der Waals surface area contributed by atoms with Crippen LogP contribution in [0.25, 0.3) is 88.0 Å². The van der Waals surface area contributed by atoms with E-state index in [1.165, 1.54) is 76.8 Å². The third kappa shape index (κ3) is 9.18. The van der Waals surface area contributed by atoms with Gasteiger partial charge in [0.1, 0.15) is 0 Å². The fourth-order valence-electron chi connectivity index (χ4n) is 8.43. The summed E-state index contributed by atoms with van der Waals surface area (Å²) in [7, 11) is 11.2. The zero-order chi connectivity index (χ0) is 43.3. The summed E-state index contributed by atoms with van der Waals surface area (Å²) in [5.41, 5.74) is 12.9. The molecule has 2 aromatic heterocycles. The van der Waals surface area contributed by atoms with Gasteiger partial charge in [-0.3, -0.25) is 0 Å². The molecular weight excluding hydrogens is 895 g/mol. The summed E-state index contributed by atoms with van der Waals surface area (Å²) >= 11 is -1.65. The first kappa shape index (κ1) is 43.9. The van der Waals surface area contributed by atoms with Crippen molar-refractivity contribution in [3.8, 4) is 44.9 Å². The maximum absolute atomic E-state index is 5.96. The number of hydrogen-bond acceptors (Lipinski definition) is 2. The van der Waals surface area contributed by atoms with E-state index < -0.39 is 18.0 Å². The van der Waals surface area contributed by atoms with Crippen molar-refractivity contribution in [3.63, 3.8) is 0 Å². The fraction of sp³-hybridized carbons (Fsp3) is 0.179. The molecule has 2 heterocycles. The first-order valence-corrected chi connectivity index (χ1v) is 34.3. The number of rotatable bonds is 8. The van der Waals surface area contributed by atoms with Gasteiger partial charge < -0.3 is 8.83 Å². The summed E-state index contributed by atoms with van der Waals surface area (Å²) in [6, 6.07) is 52.9. The Morgan fingerprint density at radius 2 is 0.871 bits per heavy atom. The zero-order valence-electron chi connectivity index (χ0n) is 36.4. The monoisotopic (exact) mass is 944 g/mol. The molecule has 0 saturated heterocycles. The van der Waals surface area contributed by atoms with Gasteiger partial charge in [0, 0.05) is 10.8 Å². The minimum absolute atomic E-state index is 0.224. The van der Waals surface area contributed by atoms with Crippen molar-refractivity contribution < 1.29 is 26.8 Å². The van der Waals surface area contributed by atoms with Crippen molar-refractivity contribution in [2.75, 3.05) is 0 Å². The molecule has 0 saturated carbocycles. The fourth-order valence-corrected chi connectivity index (χ4v) is 8.43. The number of furan rings is 2. The molecule has 10 rings (SSSR count). The molecule has 0 N–H and O–H groups in total. The van der Waals surface area contributed by atoms with E-state index in [9.17, 15) is 0 Å². The van der Waals surface area contributed by atoms with Gasteiger partial charge in [0.15, 0.2) is 0 Å². The van der Waals surface area contributed by atoms with Gasteiger partial charge in [-0.25, -0.2) is 0 Å². The molecular formula is C56H52Cl2O2SiZr-2. The van der Waals surface area contributed by atoms with Gasteiger partial charge in [-0.2, -0.15) is 0 Å². The van der Waals surface area contributed by atoms with E-state index in [0.717, 1.165) is 59.1 Å². The molecule has 0 unspecified atom stereocenters. The van der Waals surface area contributed by atoms with Crippen LogP contribution in [0.15, 0.2) is 167 Å². The quantitative estimate of drug-likeness (QED) is 0.112. The van der Waals surface area contributed by atoms with Crippen molar-refractivity contribution in [1.29, 1.82) is 0 Å². The van der Waals surface area contributed by atoms with Crippen LogP contribution in [0.2, 0.25) is 13.1 Å². The Morgan fingerprint density at radius 1 is 0.484 bits per heavy atom. The molecule has 312 valence electrons. The van der Waals surface area contributed by atoms with Gasteiger partial charge in [0.2, 0.25) is 0 Å². The van der Waals surface area contributed by atoms with Crippen molar-refractivity contribution in [2.24, 2.45) is 0 Å². The summed E-state index contributed by atoms with van der Waals surface area (Å²) in [5, 5.41) is 9.77. The summed E-state index contributed by atoms with van der Waals surface area (Å²) in [6.07, 6.45) is 7.87. The number of hydrogen-bond donors (Lipinski definition) is 0. The molecule has 2 nitrogen and oxygen atoms in total. The van der Waals surface area contributed by atoms with E-state index in [1.54, 1.807) is 0 Å². The van der Waals surface area contributed by atoms with Crippen LogP contribution in [0.4, 0.5) is 0 Å². The Bertz CT molecular complexity index is 2940. The van der Waals surface area contributed by atoms with Crippen LogP contribution in [-0.4, -0.2) is 5.43 Å². The normalized spacial score (nSPS) is 11.2. The van der Waals surface area contributed by atoms with Gasteiger partial charge >= 0.3 is 53.5 Å². The molecule has 0 radical (unpaired) electrons. The first-order chi connectivity index (χ1) is 30.2. The molecule has 0 atom stereocenters. The predicted molar refractivity (Wildman–Crippen MR) is 267 cm³/mol. The molecule has 0 aliphatic rings. The van der Waals surface area contributed by atoms with Crippen LogP contribution in [0, 0.1) is 0 Å². The molecule has 0 spiro atoms. The molecule has 0 amide bonds. The molecule has 0 bridgehead atoms. The summed E-state index contributed by atoms with van der Waals surface area (Å²) in [4.78, 5) is 0. The molecule has 0 aliphatic carbocycles. The Labute approximate surface area is 381 Å². The SMILES string of the molecule is CCc1ccc(-c2c(CC)ccc3[cH-]c(-c4occ5ccccc45)cc23)cc1.CCc1ccc(-c2c(CC)ccc3[cH-]c(-c4occ5ccccc45)cc23)cc1.C[Si](C)=[Zr]([Cl])[Cl]. The van der Waals surface area contributed by atoms with E-state index in [0.29, 0.717) is 0 Å². The van der Waals surface area contributed by atoms with Crippen LogP contribution in [0.1, 0.15) is 49.9 Å². The second kappa shape index (κ2) is 19.8. The first-order valence-electron chi connectivity index (χ1n) is 21.8. The number of aryl methyl sites for hydroxylation is 4. The number of fused-ring (bicyclic) bond motifs is 4. The molecule has 62 heavy (non-hydrogen) atoms. The Hall–Kier alpha value is -4.70. The van der Waals surface area contributed by atoms with Gasteiger partial charge in [-0.1, -0.05) is 159 Å². The van der Waals surface area contributed by atoms with Gasteiger partial charge in [0.05, 0.1) is 24.0 Å². The Kier molecular flexibility index (Phi) is 14.0. The molecule has 10 aromatic rings. The average Bonchev–Trinajstić information content (AvgIpc) is 4.13. The van der Waals surface area contributed by atoms with Gasteiger partial charge in [-0.05, 0) is 69.8 Å². The second-order valence-electron chi connectivity index (χ2n) is 16.1. The van der Waals surface area contributed by atoms with Crippen molar-refractivity contribution in [2.45, 2.75) is 66.5 Å². The Morgan fingerprint density at radius 3 is 1.23 bits per heavy atom. The zero-order valence-corrected chi connectivity index (χ0v) is 41.4. The third-order valence-corrected chi connectivity index (χ3v) is 31.7. The standard InChI is InChI=1S/2C27H23O.C2H6Si.2ClH.Zr/c2*1-3-18-9-11-20(12-10-18)26-19(4-2)13-14-21-15-23(16-25(21)26)27-24-8-6-5-7-22(24)17-28-27;1-3-2;;;/h2*5-17H,3-4H2,1-2H3;1-2H3;2*1H;/q2*-1;;;;+2/p-2. The molecule has 0 fully saturated rings. The van der Waals surface area contributed by atoms with Crippen molar-refractivity contribution >= 4 is 65.5 Å². The van der Waals surface area contributed by atoms with Gasteiger partial charge in [0.25, 0.3) is 0 Å². The molecule has 6 heteroatoms. The minimum atomic E-state index is -1.65. The van der Waals surface area contributed by atoms with Crippen LogP contribution in [0.5, 0.6) is 0 Å².